The molecule has 1 unspecified atom stereocenters. The molecule has 0 saturated carbocycles. The number of amides is 2. The largest absolute Gasteiger partial charge is 0.433 e. The first-order valence-electron chi connectivity index (χ1n) is 14.0. The second-order valence-electron chi connectivity index (χ2n) is 10.6. The van der Waals surface area contributed by atoms with Gasteiger partial charge < -0.3 is 30.7 Å². The van der Waals surface area contributed by atoms with Crippen LogP contribution < -0.4 is 32.5 Å². The average molecular weight is 619 g/mol. The van der Waals surface area contributed by atoms with Gasteiger partial charge in [-0.15, -0.1) is 0 Å². The van der Waals surface area contributed by atoms with Crippen LogP contribution in [0.25, 0.3) is 0 Å². The minimum Gasteiger partial charge on any atom is -0.433 e. The molecule has 0 spiro atoms. The second-order valence-corrected chi connectivity index (χ2v) is 10.6. The Morgan fingerprint density at radius 1 is 1.27 bits per heavy atom. The van der Waals surface area contributed by atoms with Gasteiger partial charge in [0.15, 0.2) is 0 Å². The molecule has 0 aliphatic carbocycles. The van der Waals surface area contributed by atoms with Crippen molar-refractivity contribution in [2.45, 2.75) is 51.6 Å². The third-order valence-electron chi connectivity index (χ3n) is 6.73. The van der Waals surface area contributed by atoms with Gasteiger partial charge in [0.25, 0.3) is 11.5 Å². The molecule has 1 atom stereocenters. The highest BCUT2D eigenvalue weighted by atomic mass is 19.3. The van der Waals surface area contributed by atoms with Crippen molar-refractivity contribution < 1.29 is 27.5 Å². The lowest BCUT2D eigenvalue weighted by Gasteiger charge is -2.28. The van der Waals surface area contributed by atoms with Crippen molar-refractivity contribution in [1.82, 2.24) is 19.8 Å². The van der Waals surface area contributed by atoms with Crippen molar-refractivity contribution in [1.29, 1.82) is 5.26 Å². The zero-order valence-electron chi connectivity index (χ0n) is 24.3. The van der Waals surface area contributed by atoms with E-state index in [0.29, 0.717) is 31.3 Å². The molecule has 0 bridgehead atoms. The van der Waals surface area contributed by atoms with Crippen LogP contribution in [-0.4, -0.2) is 64.7 Å². The lowest BCUT2D eigenvalue weighted by Crippen LogP contribution is -2.39. The summed E-state index contributed by atoms with van der Waals surface area (Å²) < 4.78 is 46.5. The molecule has 6 N–H and O–H groups in total. The quantitative estimate of drug-likeness (QED) is 0.140. The van der Waals surface area contributed by atoms with Crippen molar-refractivity contribution in [2.75, 3.05) is 31.5 Å². The molecule has 1 aromatic heterocycles. The van der Waals surface area contributed by atoms with Gasteiger partial charge in [-0.25, -0.2) is 10.2 Å². The molecular formula is C29H37F3N8O4. The first kappa shape index (κ1) is 33.9. The van der Waals surface area contributed by atoms with Gasteiger partial charge in [0.05, 0.1) is 19.2 Å². The van der Waals surface area contributed by atoms with Crippen LogP contribution in [0, 0.1) is 17.2 Å². The van der Waals surface area contributed by atoms with Gasteiger partial charge in [-0.05, 0) is 56.1 Å². The van der Waals surface area contributed by atoms with Crippen LogP contribution in [0.4, 0.5) is 18.9 Å². The summed E-state index contributed by atoms with van der Waals surface area (Å²) in [6.07, 6.45) is -0.926. The van der Waals surface area contributed by atoms with E-state index in [0.717, 1.165) is 24.1 Å². The van der Waals surface area contributed by atoms with Gasteiger partial charge in [-0.1, -0.05) is 12.1 Å². The average Bonchev–Trinajstić information content (AvgIpc) is 2.95. The number of nitrogens with zero attached hydrogens (tertiary/aromatic N) is 4. The molecular weight excluding hydrogens is 581 g/mol. The number of ether oxygens (including phenoxy) is 1. The molecule has 15 heteroatoms. The number of aryl methyl sites for hydroxylation is 1. The lowest BCUT2D eigenvalue weighted by atomic mass is 9.99. The molecule has 1 aromatic carbocycles. The summed E-state index contributed by atoms with van der Waals surface area (Å²) in [6.45, 7) is 1.79. The first-order valence-corrected chi connectivity index (χ1v) is 14.0. The number of carbonyl (C=O) groups excluding carboxylic acids is 2. The van der Waals surface area contributed by atoms with Crippen LogP contribution in [-0.2, 0) is 22.7 Å². The number of likely N-dealkylation sites (tertiary alicyclic amines) is 1. The molecule has 2 heterocycles. The molecule has 0 radical (unpaired) electrons. The third-order valence-corrected chi connectivity index (χ3v) is 6.73. The molecule has 44 heavy (non-hydrogen) atoms. The van der Waals surface area contributed by atoms with Crippen molar-refractivity contribution >= 4 is 17.5 Å². The highest BCUT2D eigenvalue weighted by Crippen LogP contribution is 2.22. The molecule has 2 aromatic rings. The van der Waals surface area contributed by atoms with Crippen molar-refractivity contribution in [3.05, 3.63) is 70.4 Å². The predicted molar refractivity (Wildman–Crippen MR) is 156 cm³/mol. The number of hydrogen-bond donors (Lipinski definition) is 4. The Bertz CT molecular complexity index is 1410. The summed E-state index contributed by atoms with van der Waals surface area (Å²) >= 11 is 0. The fourth-order valence-electron chi connectivity index (χ4n) is 4.49. The van der Waals surface area contributed by atoms with Gasteiger partial charge in [0, 0.05) is 50.1 Å². The lowest BCUT2D eigenvalue weighted by molar-refractivity contribution is -0.159. The number of aromatic nitrogens is 1. The SMILES string of the molecule is CC(F)(F)Oc1cccc(CNC(=O)/C(N)=C/N(N)CC(F)CCn2ccc(NC(=O)CN3CCC(C#N)CC3)cc2=O)c1. The van der Waals surface area contributed by atoms with E-state index in [1.165, 1.54) is 35.0 Å². The zero-order chi connectivity index (χ0) is 32.3. The molecule has 2 amide bonds. The van der Waals surface area contributed by atoms with Crippen LogP contribution in [0.1, 0.15) is 31.7 Å². The van der Waals surface area contributed by atoms with Crippen LogP contribution in [0.15, 0.2) is 59.3 Å². The molecule has 1 aliphatic heterocycles. The van der Waals surface area contributed by atoms with Gasteiger partial charge in [0.1, 0.15) is 17.6 Å². The molecule has 1 aliphatic rings. The third kappa shape index (κ3) is 11.6. The highest BCUT2D eigenvalue weighted by molar-refractivity contribution is 5.92. The molecule has 3 rings (SSSR count). The Hall–Kier alpha value is -4.55. The first-order chi connectivity index (χ1) is 20.8. The molecule has 12 nitrogen and oxygen atoms in total. The number of benzene rings is 1. The summed E-state index contributed by atoms with van der Waals surface area (Å²) in [7, 11) is 0. The number of nitrogens with two attached hydrogens (primary N) is 2. The van der Waals surface area contributed by atoms with Gasteiger partial charge >= 0.3 is 6.11 Å². The number of nitrogens with one attached hydrogen (secondary N) is 2. The van der Waals surface area contributed by atoms with Crippen LogP contribution in [0.3, 0.4) is 0 Å². The van der Waals surface area contributed by atoms with Crippen molar-refractivity contribution in [2.24, 2.45) is 17.5 Å². The fourth-order valence-corrected chi connectivity index (χ4v) is 4.49. The minimum absolute atomic E-state index is 0.0197. The number of anilines is 1. The number of hydrazine groups is 1. The molecule has 1 saturated heterocycles. The van der Waals surface area contributed by atoms with Crippen LogP contribution >= 0.6 is 0 Å². The maximum atomic E-state index is 14.6. The Kier molecular flexibility index (Phi) is 12.2. The number of piperidine rings is 1. The molecule has 238 valence electrons. The van der Waals surface area contributed by atoms with Gasteiger partial charge in [0.2, 0.25) is 5.91 Å². The van der Waals surface area contributed by atoms with Gasteiger partial charge in [-0.2, -0.15) is 14.0 Å². The maximum absolute atomic E-state index is 14.6. The minimum atomic E-state index is -3.35. The number of alkyl halides is 3. The summed E-state index contributed by atoms with van der Waals surface area (Å²) in [5.41, 5.74) is 5.86. The van der Waals surface area contributed by atoms with E-state index in [-0.39, 0.29) is 55.9 Å². The summed E-state index contributed by atoms with van der Waals surface area (Å²) in [6, 6.07) is 10.8. The standard InChI is InChI=1S/C29H37F3N8O4/c1-29(31,32)44-24-4-2-3-21(13-24)16-36-28(43)25(34)18-40(35)17-22(30)7-11-39-12-8-23(14-27(39)42)37-26(41)19-38-9-5-20(15-33)6-10-38/h2-4,8,12-14,18,20,22H,5-7,9-11,16-17,19,34-35H2,1H3,(H,36,43)(H,37,41)/b25-18-. The van der Waals surface area contributed by atoms with E-state index in [9.17, 15) is 27.6 Å². The Morgan fingerprint density at radius 3 is 2.66 bits per heavy atom. The Balaban J connectivity index is 1.41. The van der Waals surface area contributed by atoms with E-state index < -0.39 is 23.7 Å². The molecule has 1 fully saturated rings. The van der Waals surface area contributed by atoms with E-state index in [1.54, 1.807) is 12.1 Å². The summed E-state index contributed by atoms with van der Waals surface area (Å²) in [4.78, 5) is 39.1. The smallest absolute Gasteiger partial charge is 0.394 e. The van der Waals surface area contributed by atoms with E-state index in [1.807, 2.05) is 4.90 Å². The summed E-state index contributed by atoms with van der Waals surface area (Å²) in [5.74, 6) is 4.77. The topological polar surface area (TPSA) is 172 Å². The monoisotopic (exact) mass is 618 g/mol. The van der Waals surface area contributed by atoms with Crippen LogP contribution in [0.2, 0.25) is 0 Å². The van der Waals surface area contributed by atoms with Gasteiger partial charge in [-0.3, -0.25) is 19.3 Å². The number of halogens is 3. The number of nitriles is 1. The highest BCUT2D eigenvalue weighted by Gasteiger charge is 2.23. The Labute approximate surface area is 253 Å². The number of hydrogen-bond acceptors (Lipinski definition) is 9. The maximum Gasteiger partial charge on any atom is 0.394 e. The fraction of sp³-hybridized carbons (Fsp3) is 0.448. The summed E-state index contributed by atoms with van der Waals surface area (Å²) in [5, 5.41) is 15.1. The second kappa shape index (κ2) is 15.8. The van der Waals surface area contributed by atoms with Crippen LogP contribution in [0.5, 0.6) is 5.75 Å². The van der Waals surface area contributed by atoms with Crippen molar-refractivity contribution in [3.8, 4) is 11.8 Å². The number of carbonyl (C=O) groups is 2. The number of pyridine rings is 1. The zero-order valence-corrected chi connectivity index (χ0v) is 24.3. The predicted octanol–water partition coefficient (Wildman–Crippen LogP) is 2.03. The Morgan fingerprint density at radius 2 is 2.00 bits per heavy atom. The van der Waals surface area contributed by atoms with E-state index in [4.69, 9.17) is 16.8 Å². The van der Waals surface area contributed by atoms with Crippen molar-refractivity contribution in [3.63, 3.8) is 0 Å². The van der Waals surface area contributed by atoms with E-state index >= 15 is 0 Å². The normalized spacial score (nSPS) is 15.2. The van der Waals surface area contributed by atoms with E-state index in [2.05, 4.69) is 21.4 Å². The number of rotatable bonds is 14.